The highest BCUT2D eigenvalue weighted by molar-refractivity contribution is 7.80. The molecule has 1 aromatic rings. The molecule has 0 saturated heterocycles. The topological polar surface area (TPSA) is 38.0 Å². The van der Waals surface area contributed by atoms with Gasteiger partial charge in [-0.05, 0) is 61.2 Å². The summed E-state index contributed by atoms with van der Waals surface area (Å²) in [5.41, 5.74) is 9.35. The Kier molecular flexibility index (Phi) is 2.68. The lowest BCUT2D eigenvalue weighted by Gasteiger charge is -2.16. The maximum absolute atomic E-state index is 5.42. The minimum atomic E-state index is 0.334. The predicted octanol–water partition coefficient (Wildman–Crippen LogP) is 2.22. The number of hydrogen-bond donors (Lipinski definition) is 2. The second kappa shape index (κ2) is 3.96. The smallest absolute Gasteiger partial charge is 0.168 e. The molecule has 14 heavy (non-hydrogen) atoms. The number of thiocarbonyl (C=S) groups is 1. The molecule has 0 amide bonds. The van der Waals surface area contributed by atoms with Crippen LogP contribution in [0, 0.1) is 0 Å². The first-order chi connectivity index (χ1) is 6.75. The van der Waals surface area contributed by atoms with Crippen LogP contribution in [-0.4, -0.2) is 5.11 Å². The third-order valence-electron chi connectivity index (χ3n) is 2.62. The van der Waals surface area contributed by atoms with Gasteiger partial charge < -0.3 is 11.1 Å². The molecule has 1 aliphatic rings. The number of aryl methyl sites for hydroxylation is 2. The molecular formula is C11H14N2S. The summed E-state index contributed by atoms with van der Waals surface area (Å²) in [6.07, 6.45) is 5.00. The molecule has 0 spiro atoms. The number of anilines is 1. The monoisotopic (exact) mass is 206 g/mol. The third-order valence-corrected chi connectivity index (χ3v) is 2.72. The van der Waals surface area contributed by atoms with Gasteiger partial charge in [-0.3, -0.25) is 0 Å². The number of rotatable bonds is 1. The van der Waals surface area contributed by atoms with Crippen molar-refractivity contribution in [3.63, 3.8) is 0 Å². The summed E-state index contributed by atoms with van der Waals surface area (Å²) in [4.78, 5) is 0. The molecule has 0 aliphatic heterocycles. The van der Waals surface area contributed by atoms with Crippen molar-refractivity contribution in [1.82, 2.24) is 0 Å². The Hall–Kier alpha value is -1.09. The van der Waals surface area contributed by atoms with E-state index in [2.05, 4.69) is 17.4 Å². The van der Waals surface area contributed by atoms with Gasteiger partial charge in [0.2, 0.25) is 0 Å². The van der Waals surface area contributed by atoms with Crippen molar-refractivity contribution in [3.8, 4) is 0 Å². The van der Waals surface area contributed by atoms with Crippen molar-refractivity contribution in [2.75, 3.05) is 5.32 Å². The highest BCUT2D eigenvalue weighted by Crippen LogP contribution is 2.23. The Morgan fingerprint density at radius 3 is 2.64 bits per heavy atom. The highest BCUT2D eigenvalue weighted by atomic mass is 32.1. The van der Waals surface area contributed by atoms with E-state index in [1.807, 2.05) is 6.07 Å². The lowest BCUT2D eigenvalue weighted by molar-refractivity contribution is 0.686. The van der Waals surface area contributed by atoms with Gasteiger partial charge in [0.05, 0.1) is 0 Å². The summed E-state index contributed by atoms with van der Waals surface area (Å²) in [6.45, 7) is 0. The zero-order valence-electron chi connectivity index (χ0n) is 8.05. The van der Waals surface area contributed by atoms with Gasteiger partial charge in [-0.15, -0.1) is 0 Å². The molecule has 0 bridgehead atoms. The van der Waals surface area contributed by atoms with E-state index in [0.29, 0.717) is 5.11 Å². The summed E-state index contributed by atoms with van der Waals surface area (Å²) in [6, 6.07) is 6.38. The van der Waals surface area contributed by atoms with Crippen molar-refractivity contribution >= 4 is 23.0 Å². The van der Waals surface area contributed by atoms with Crippen molar-refractivity contribution in [1.29, 1.82) is 0 Å². The number of benzene rings is 1. The van der Waals surface area contributed by atoms with E-state index in [-0.39, 0.29) is 0 Å². The SMILES string of the molecule is NC(=S)Nc1ccc2c(c1)CCCC2. The standard InChI is InChI=1S/C11H14N2S/c12-11(14)13-10-6-5-8-3-1-2-4-9(8)7-10/h5-7H,1-4H2,(H3,12,13,14). The minimum absolute atomic E-state index is 0.334. The lowest BCUT2D eigenvalue weighted by atomic mass is 9.91. The van der Waals surface area contributed by atoms with Gasteiger partial charge >= 0.3 is 0 Å². The van der Waals surface area contributed by atoms with E-state index in [4.69, 9.17) is 18.0 Å². The van der Waals surface area contributed by atoms with Crippen molar-refractivity contribution < 1.29 is 0 Å². The van der Waals surface area contributed by atoms with E-state index in [0.717, 1.165) is 5.69 Å². The molecule has 2 rings (SSSR count). The molecule has 0 unspecified atom stereocenters. The average Bonchev–Trinajstić information content (AvgIpc) is 2.17. The Balaban J connectivity index is 2.24. The molecule has 0 radical (unpaired) electrons. The maximum atomic E-state index is 5.42. The van der Waals surface area contributed by atoms with Crippen LogP contribution >= 0.6 is 12.2 Å². The van der Waals surface area contributed by atoms with Gasteiger partial charge in [0.1, 0.15) is 0 Å². The molecule has 0 fully saturated rings. The summed E-state index contributed by atoms with van der Waals surface area (Å²) in [5.74, 6) is 0. The fraction of sp³-hybridized carbons (Fsp3) is 0.364. The Morgan fingerprint density at radius 1 is 1.21 bits per heavy atom. The van der Waals surface area contributed by atoms with Gasteiger partial charge in [0, 0.05) is 5.69 Å². The molecule has 0 atom stereocenters. The second-order valence-electron chi connectivity index (χ2n) is 3.68. The number of fused-ring (bicyclic) bond motifs is 1. The predicted molar refractivity (Wildman–Crippen MR) is 63.5 cm³/mol. The van der Waals surface area contributed by atoms with E-state index in [9.17, 15) is 0 Å². The number of nitrogens with one attached hydrogen (secondary N) is 1. The molecule has 0 aromatic heterocycles. The van der Waals surface area contributed by atoms with Crippen LogP contribution in [-0.2, 0) is 12.8 Å². The first-order valence-electron chi connectivity index (χ1n) is 4.94. The van der Waals surface area contributed by atoms with Crippen LogP contribution < -0.4 is 11.1 Å². The fourth-order valence-electron chi connectivity index (χ4n) is 1.95. The summed E-state index contributed by atoms with van der Waals surface area (Å²) < 4.78 is 0. The maximum Gasteiger partial charge on any atom is 0.168 e. The van der Waals surface area contributed by atoms with E-state index >= 15 is 0 Å². The van der Waals surface area contributed by atoms with Crippen molar-refractivity contribution in [3.05, 3.63) is 29.3 Å². The van der Waals surface area contributed by atoms with Crippen LogP contribution in [0.3, 0.4) is 0 Å². The number of nitrogens with two attached hydrogens (primary N) is 1. The van der Waals surface area contributed by atoms with Crippen molar-refractivity contribution in [2.24, 2.45) is 5.73 Å². The van der Waals surface area contributed by atoms with E-state index in [1.54, 1.807) is 0 Å². The molecular weight excluding hydrogens is 192 g/mol. The van der Waals surface area contributed by atoms with Crippen LogP contribution in [0.5, 0.6) is 0 Å². The van der Waals surface area contributed by atoms with E-state index < -0.39 is 0 Å². The fourth-order valence-corrected chi connectivity index (χ4v) is 2.07. The molecule has 3 N–H and O–H groups in total. The average molecular weight is 206 g/mol. The molecule has 3 heteroatoms. The summed E-state index contributed by atoms with van der Waals surface area (Å²) in [5, 5.41) is 3.30. The zero-order chi connectivity index (χ0) is 9.97. The van der Waals surface area contributed by atoms with E-state index in [1.165, 1.54) is 36.8 Å². The van der Waals surface area contributed by atoms with Crippen molar-refractivity contribution in [2.45, 2.75) is 25.7 Å². The Morgan fingerprint density at radius 2 is 1.93 bits per heavy atom. The van der Waals surface area contributed by atoms with Gasteiger partial charge in [0.15, 0.2) is 5.11 Å². The molecule has 1 aromatic carbocycles. The van der Waals surface area contributed by atoms with Gasteiger partial charge in [-0.2, -0.15) is 0 Å². The quantitative estimate of drug-likeness (QED) is 0.692. The third kappa shape index (κ3) is 2.04. The zero-order valence-corrected chi connectivity index (χ0v) is 8.86. The lowest BCUT2D eigenvalue weighted by Crippen LogP contribution is -2.19. The molecule has 0 saturated carbocycles. The summed E-state index contributed by atoms with van der Waals surface area (Å²) >= 11 is 4.80. The van der Waals surface area contributed by atoms with Gasteiger partial charge in [-0.1, -0.05) is 6.07 Å². The minimum Gasteiger partial charge on any atom is -0.376 e. The first-order valence-corrected chi connectivity index (χ1v) is 5.35. The Bertz CT molecular complexity index is 360. The van der Waals surface area contributed by atoms with Crippen LogP contribution in [0.15, 0.2) is 18.2 Å². The molecule has 74 valence electrons. The highest BCUT2D eigenvalue weighted by Gasteiger charge is 2.09. The molecule has 1 aliphatic carbocycles. The normalized spacial score (nSPS) is 14.6. The van der Waals surface area contributed by atoms with Crippen LogP contribution in [0.25, 0.3) is 0 Å². The van der Waals surface area contributed by atoms with Crippen LogP contribution in [0.2, 0.25) is 0 Å². The molecule has 2 nitrogen and oxygen atoms in total. The largest absolute Gasteiger partial charge is 0.376 e. The Labute approximate surface area is 89.5 Å². The molecule has 0 heterocycles. The van der Waals surface area contributed by atoms with Crippen LogP contribution in [0.1, 0.15) is 24.0 Å². The van der Waals surface area contributed by atoms with Gasteiger partial charge in [-0.25, -0.2) is 0 Å². The summed E-state index contributed by atoms with van der Waals surface area (Å²) in [7, 11) is 0. The second-order valence-corrected chi connectivity index (χ2v) is 4.12. The van der Waals surface area contributed by atoms with Gasteiger partial charge in [0.25, 0.3) is 0 Å². The van der Waals surface area contributed by atoms with Crippen LogP contribution in [0.4, 0.5) is 5.69 Å². The first kappa shape index (κ1) is 9.46. The number of hydrogen-bond acceptors (Lipinski definition) is 1.